The maximum absolute atomic E-state index is 12.2. The van der Waals surface area contributed by atoms with Crippen molar-refractivity contribution in [3.63, 3.8) is 0 Å². The summed E-state index contributed by atoms with van der Waals surface area (Å²) in [6.07, 6.45) is 1.01. The van der Waals surface area contributed by atoms with Gasteiger partial charge in [0.05, 0.1) is 6.04 Å². The van der Waals surface area contributed by atoms with Crippen LogP contribution in [0.5, 0.6) is 11.5 Å². The van der Waals surface area contributed by atoms with Gasteiger partial charge in [0.1, 0.15) is 13.2 Å². The van der Waals surface area contributed by atoms with Gasteiger partial charge in [0.15, 0.2) is 17.3 Å². The zero-order chi connectivity index (χ0) is 13.0. The summed E-state index contributed by atoms with van der Waals surface area (Å²) in [5.41, 5.74) is 0.662. The molecule has 1 aliphatic heterocycles. The lowest BCUT2D eigenvalue weighted by molar-refractivity contribution is 0.0950. The summed E-state index contributed by atoms with van der Waals surface area (Å²) in [4.78, 5) is 12.2. The van der Waals surface area contributed by atoms with Crippen molar-refractivity contribution in [2.24, 2.45) is 0 Å². The van der Waals surface area contributed by atoms with Crippen LogP contribution in [0.2, 0.25) is 0 Å². The lowest BCUT2D eigenvalue weighted by Gasteiger charge is -2.19. The maximum Gasteiger partial charge on any atom is 0.179 e. The van der Waals surface area contributed by atoms with Crippen LogP contribution in [0.3, 0.4) is 0 Å². The Kier molecular flexibility index (Phi) is 4.20. The Bertz CT molecular complexity index is 431. The van der Waals surface area contributed by atoms with E-state index in [1.54, 1.807) is 18.2 Å². The second kappa shape index (κ2) is 5.87. The highest BCUT2D eigenvalue weighted by Crippen LogP contribution is 2.31. The third-order valence-corrected chi connectivity index (χ3v) is 2.92. The van der Waals surface area contributed by atoms with Crippen LogP contribution in [0.4, 0.5) is 0 Å². The monoisotopic (exact) mass is 249 g/mol. The topological polar surface area (TPSA) is 47.6 Å². The van der Waals surface area contributed by atoms with Gasteiger partial charge in [-0.05, 0) is 38.1 Å². The van der Waals surface area contributed by atoms with Gasteiger partial charge in [-0.1, -0.05) is 6.92 Å². The number of nitrogens with one attached hydrogen (secondary N) is 1. The molecule has 1 unspecified atom stereocenters. The third-order valence-electron chi connectivity index (χ3n) is 2.92. The van der Waals surface area contributed by atoms with Gasteiger partial charge in [0.2, 0.25) is 0 Å². The van der Waals surface area contributed by atoms with Crippen molar-refractivity contribution >= 4 is 5.78 Å². The molecular weight excluding hydrogens is 230 g/mol. The van der Waals surface area contributed by atoms with E-state index in [0.717, 1.165) is 13.0 Å². The zero-order valence-corrected chi connectivity index (χ0v) is 10.9. The first kappa shape index (κ1) is 12.9. The minimum absolute atomic E-state index is 0.0837. The summed E-state index contributed by atoms with van der Waals surface area (Å²) >= 11 is 0. The average Bonchev–Trinajstić information content (AvgIpc) is 2.43. The van der Waals surface area contributed by atoms with Crippen molar-refractivity contribution in [2.45, 2.75) is 26.3 Å². The highest BCUT2D eigenvalue weighted by molar-refractivity contribution is 6.00. The molecule has 0 aromatic heterocycles. The number of rotatable bonds is 5. The molecule has 1 aromatic carbocycles. The molecule has 0 saturated heterocycles. The molecule has 1 aromatic rings. The van der Waals surface area contributed by atoms with Crippen LogP contribution < -0.4 is 14.8 Å². The minimum Gasteiger partial charge on any atom is -0.486 e. The van der Waals surface area contributed by atoms with E-state index in [2.05, 4.69) is 12.2 Å². The number of carbonyl (C=O) groups excluding carboxylic acids is 1. The number of ketones is 1. The fraction of sp³-hybridized carbons (Fsp3) is 0.500. The molecule has 0 bridgehead atoms. The van der Waals surface area contributed by atoms with Crippen LogP contribution in [0.25, 0.3) is 0 Å². The minimum atomic E-state index is -0.174. The predicted molar refractivity (Wildman–Crippen MR) is 69.5 cm³/mol. The van der Waals surface area contributed by atoms with Crippen LogP contribution in [-0.2, 0) is 0 Å². The molecule has 0 amide bonds. The first-order valence-corrected chi connectivity index (χ1v) is 6.39. The molecule has 0 fully saturated rings. The molecule has 98 valence electrons. The Morgan fingerprint density at radius 1 is 1.33 bits per heavy atom. The highest BCUT2D eigenvalue weighted by Gasteiger charge is 2.18. The summed E-state index contributed by atoms with van der Waals surface area (Å²) in [5.74, 6) is 1.46. The molecular formula is C14H19NO3. The summed E-state index contributed by atoms with van der Waals surface area (Å²) in [6, 6.07) is 5.18. The van der Waals surface area contributed by atoms with E-state index in [1.165, 1.54) is 0 Å². The van der Waals surface area contributed by atoms with E-state index in [1.807, 2.05) is 6.92 Å². The van der Waals surface area contributed by atoms with Gasteiger partial charge in [-0.15, -0.1) is 0 Å². The molecule has 4 nitrogen and oxygen atoms in total. The van der Waals surface area contributed by atoms with Crippen LogP contribution in [0.15, 0.2) is 18.2 Å². The number of carbonyl (C=O) groups is 1. The van der Waals surface area contributed by atoms with Crippen molar-refractivity contribution in [1.29, 1.82) is 0 Å². The zero-order valence-electron chi connectivity index (χ0n) is 10.9. The lowest BCUT2D eigenvalue weighted by Crippen LogP contribution is -2.34. The first-order chi connectivity index (χ1) is 8.72. The Morgan fingerprint density at radius 2 is 2.06 bits per heavy atom. The number of Topliss-reactive ketones (excluding diaryl/α,β-unsaturated/α-hetero) is 1. The van der Waals surface area contributed by atoms with Crippen molar-refractivity contribution in [3.8, 4) is 11.5 Å². The Morgan fingerprint density at radius 3 is 2.78 bits per heavy atom. The largest absolute Gasteiger partial charge is 0.486 e. The van der Waals surface area contributed by atoms with E-state index in [0.29, 0.717) is 30.3 Å². The van der Waals surface area contributed by atoms with E-state index >= 15 is 0 Å². The Balaban J connectivity index is 2.10. The summed E-state index contributed by atoms with van der Waals surface area (Å²) < 4.78 is 10.9. The molecule has 1 N–H and O–H groups in total. The summed E-state index contributed by atoms with van der Waals surface area (Å²) in [6.45, 7) is 5.91. The van der Waals surface area contributed by atoms with Crippen LogP contribution in [0, 0.1) is 0 Å². The molecule has 0 aliphatic carbocycles. The molecule has 0 spiro atoms. The highest BCUT2D eigenvalue weighted by atomic mass is 16.6. The van der Waals surface area contributed by atoms with Crippen molar-refractivity contribution in [3.05, 3.63) is 23.8 Å². The van der Waals surface area contributed by atoms with Gasteiger partial charge >= 0.3 is 0 Å². The second-order valence-electron chi connectivity index (χ2n) is 4.40. The van der Waals surface area contributed by atoms with Crippen LogP contribution in [0.1, 0.15) is 30.6 Å². The molecule has 1 heterocycles. The van der Waals surface area contributed by atoms with E-state index in [-0.39, 0.29) is 11.8 Å². The van der Waals surface area contributed by atoms with Crippen LogP contribution >= 0.6 is 0 Å². The number of ether oxygens (including phenoxy) is 2. The van der Waals surface area contributed by atoms with E-state index < -0.39 is 0 Å². The smallest absolute Gasteiger partial charge is 0.179 e. The van der Waals surface area contributed by atoms with Crippen LogP contribution in [-0.4, -0.2) is 31.6 Å². The molecule has 0 saturated carbocycles. The average molecular weight is 249 g/mol. The Hall–Kier alpha value is -1.55. The maximum atomic E-state index is 12.2. The molecule has 0 radical (unpaired) electrons. The molecule has 1 atom stereocenters. The van der Waals surface area contributed by atoms with Crippen molar-refractivity contribution in [1.82, 2.24) is 5.32 Å². The lowest BCUT2D eigenvalue weighted by atomic mass is 10.0. The summed E-state index contributed by atoms with van der Waals surface area (Å²) in [5, 5.41) is 3.19. The normalized spacial score (nSPS) is 15.2. The third kappa shape index (κ3) is 2.82. The standard InChI is InChI=1S/C14H19NO3/c1-3-6-15-10(2)14(16)11-4-5-12-13(9-11)18-8-7-17-12/h4-5,9-10,15H,3,6-8H2,1-2H3. The van der Waals surface area contributed by atoms with Gasteiger partial charge in [0, 0.05) is 5.56 Å². The second-order valence-corrected chi connectivity index (χ2v) is 4.40. The SMILES string of the molecule is CCCNC(C)C(=O)c1ccc2c(c1)OCCO2. The van der Waals surface area contributed by atoms with Crippen molar-refractivity contribution < 1.29 is 14.3 Å². The summed E-state index contributed by atoms with van der Waals surface area (Å²) in [7, 11) is 0. The number of hydrogen-bond donors (Lipinski definition) is 1. The fourth-order valence-electron chi connectivity index (χ4n) is 1.90. The molecule has 18 heavy (non-hydrogen) atoms. The van der Waals surface area contributed by atoms with E-state index in [4.69, 9.17) is 9.47 Å². The van der Waals surface area contributed by atoms with Gasteiger partial charge in [0.25, 0.3) is 0 Å². The predicted octanol–water partition coefficient (Wildman–Crippen LogP) is 2.03. The van der Waals surface area contributed by atoms with Gasteiger partial charge in [-0.3, -0.25) is 4.79 Å². The quantitative estimate of drug-likeness (QED) is 0.811. The Labute approximate surface area is 107 Å². The number of fused-ring (bicyclic) bond motifs is 1. The molecule has 4 heteroatoms. The fourth-order valence-corrected chi connectivity index (χ4v) is 1.90. The van der Waals surface area contributed by atoms with Gasteiger partial charge in [-0.25, -0.2) is 0 Å². The van der Waals surface area contributed by atoms with Gasteiger partial charge < -0.3 is 14.8 Å². The van der Waals surface area contributed by atoms with E-state index in [9.17, 15) is 4.79 Å². The molecule has 2 rings (SSSR count). The number of benzene rings is 1. The van der Waals surface area contributed by atoms with Gasteiger partial charge in [-0.2, -0.15) is 0 Å². The molecule has 1 aliphatic rings. The number of hydrogen-bond acceptors (Lipinski definition) is 4. The first-order valence-electron chi connectivity index (χ1n) is 6.39. The van der Waals surface area contributed by atoms with Crippen molar-refractivity contribution in [2.75, 3.05) is 19.8 Å².